The van der Waals surface area contributed by atoms with Crippen LogP contribution >= 0.6 is 0 Å². The Hall–Kier alpha value is -2.18. The largest absolute Gasteiger partial charge is 0.388 e. The number of nitrogens with zero attached hydrogens (tertiary/aromatic N) is 4. The fourth-order valence-electron chi connectivity index (χ4n) is 4.90. The van der Waals surface area contributed by atoms with Gasteiger partial charge in [0.1, 0.15) is 5.65 Å². The highest BCUT2D eigenvalue weighted by atomic mass is 32.2. The number of rotatable bonds is 6. The Kier molecular flexibility index (Phi) is 6.45. The van der Waals surface area contributed by atoms with Crippen molar-refractivity contribution in [1.82, 2.24) is 18.8 Å². The van der Waals surface area contributed by atoms with Gasteiger partial charge in [0.05, 0.1) is 17.9 Å². The van der Waals surface area contributed by atoms with Gasteiger partial charge in [0.25, 0.3) is 5.56 Å². The Morgan fingerprint density at radius 3 is 2.58 bits per heavy atom. The summed E-state index contributed by atoms with van der Waals surface area (Å²) < 4.78 is 52.4. The zero-order valence-electron chi connectivity index (χ0n) is 18.7. The molecule has 2 N–H and O–H groups in total. The topological polar surface area (TPSA) is 117 Å². The van der Waals surface area contributed by atoms with Gasteiger partial charge in [0.15, 0.2) is 0 Å². The number of piperidine rings is 1. The first-order valence-corrected chi connectivity index (χ1v) is 12.9. The fraction of sp³-hybridized carbons (Fsp3) is 0.667. The summed E-state index contributed by atoms with van der Waals surface area (Å²) in [6.07, 6.45) is 2.22. The first-order chi connectivity index (χ1) is 15.5. The van der Waals surface area contributed by atoms with Gasteiger partial charge in [-0.25, -0.2) is 26.5 Å². The van der Waals surface area contributed by atoms with Crippen molar-refractivity contribution in [1.29, 1.82) is 0 Å². The molecule has 9 nitrogen and oxygen atoms in total. The van der Waals surface area contributed by atoms with Crippen LogP contribution in [0.15, 0.2) is 17.1 Å². The number of aromatic nitrogens is 3. The SMILES string of the molecule is C[C@@]1(O)CCC[C@H]1n1c(=O)c(CC(F)F)cc2cnc(NC3CCN(S(C)(=O)=O)CC3)nc21. The monoisotopic (exact) mass is 485 g/mol. The molecular weight excluding hydrogens is 456 g/mol. The lowest BCUT2D eigenvalue weighted by atomic mass is 9.99. The summed E-state index contributed by atoms with van der Waals surface area (Å²) >= 11 is 0. The lowest BCUT2D eigenvalue weighted by Crippen LogP contribution is -2.42. The third-order valence-corrected chi connectivity index (χ3v) is 7.97. The number of alkyl halides is 2. The maximum Gasteiger partial charge on any atom is 0.255 e. The first kappa shape index (κ1) is 24.0. The molecule has 0 radical (unpaired) electrons. The van der Waals surface area contributed by atoms with Gasteiger partial charge >= 0.3 is 0 Å². The summed E-state index contributed by atoms with van der Waals surface area (Å²) in [6.45, 7) is 2.42. The zero-order chi connectivity index (χ0) is 24.0. The van der Waals surface area contributed by atoms with E-state index in [1.54, 1.807) is 6.92 Å². The number of sulfonamides is 1. The average molecular weight is 486 g/mol. The van der Waals surface area contributed by atoms with E-state index in [4.69, 9.17) is 0 Å². The molecule has 2 atom stereocenters. The van der Waals surface area contributed by atoms with Crippen molar-refractivity contribution in [3.63, 3.8) is 0 Å². The molecule has 182 valence electrons. The molecule has 2 fully saturated rings. The molecule has 0 amide bonds. The molecule has 12 heteroatoms. The molecule has 2 aromatic rings. The minimum Gasteiger partial charge on any atom is -0.388 e. The number of halogens is 2. The standard InChI is InChI=1S/C21H29F2N5O4S/c1-21(30)7-3-4-16(21)28-18-14(10-13(19(28)29)11-17(22)23)12-24-20(26-18)25-15-5-8-27(9-6-15)33(2,31)32/h10,12,15-17,30H,3-9,11H2,1-2H3,(H,24,25,26)/t16-,21-/m1/s1. The van der Waals surface area contributed by atoms with Crippen LogP contribution in [0.2, 0.25) is 0 Å². The molecule has 2 aromatic heterocycles. The summed E-state index contributed by atoms with van der Waals surface area (Å²) in [5.74, 6) is 0.271. The fourth-order valence-corrected chi connectivity index (χ4v) is 5.77. The van der Waals surface area contributed by atoms with Crippen molar-refractivity contribution in [2.24, 2.45) is 0 Å². The number of hydrogen-bond donors (Lipinski definition) is 2. The van der Waals surface area contributed by atoms with Crippen molar-refractivity contribution in [2.45, 2.75) is 69.6 Å². The van der Waals surface area contributed by atoms with Gasteiger partial charge in [-0.1, -0.05) is 0 Å². The van der Waals surface area contributed by atoms with Crippen LogP contribution in [0.5, 0.6) is 0 Å². The second-order valence-electron chi connectivity index (χ2n) is 9.26. The molecule has 1 aliphatic carbocycles. The van der Waals surface area contributed by atoms with Crippen LogP contribution < -0.4 is 10.9 Å². The van der Waals surface area contributed by atoms with E-state index in [-0.39, 0.29) is 23.2 Å². The zero-order valence-corrected chi connectivity index (χ0v) is 19.5. The van der Waals surface area contributed by atoms with E-state index in [9.17, 15) is 27.1 Å². The Balaban J connectivity index is 1.69. The van der Waals surface area contributed by atoms with Crippen molar-refractivity contribution in [3.05, 3.63) is 28.2 Å². The molecule has 2 aliphatic rings. The molecule has 0 spiro atoms. The van der Waals surface area contributed by atoms with Crippen LogP contribution in [-0.2, 0) is 16.4 Å². The van der Waals surface area contributed by atoms with Gasteiger partial charge in [0.2, 0.25) is 22.4 Å². The van der Waals surface area contributed by atoms with Crippen molar-refractivity contribution in [2.75, 3.05) is 24.7 Å². The normalized spacial score (nSPS) is 25.2. The van der Waals surface area contributed by atoms with Crippen LogP contribution in [0, 0.1) is 0 Å². The minimum absolute atomic E-state index is 0.0299. The number of fused-ring (bicyclic) bond motifs is 1. The maximum absolute atomic E-state index is 13.2. The lowest BCUT2D eigenvalue weighted by molar-refractivity contribution is 0.0265. The van der Waals surface area contributed by atoms with E-state index >= 15 is 0 Å². The van der Waals surface area contributed by atoms with Gasteiger partial charge in [-0.15, -0.1) is 0 Å². The van der Waals surface area contributed by atoms with Crippen molar-refractivity contribution < 1.29 is 22.3 Å². The van der Waals surface area contributed by atoms with Crippen molar-refractivity contribution >= 4 is 27.0 Å². The second-order valence-corrected chi connectivity index (χ2v) is 11.2. The average Bonchev–Trinajstić information content (AvgIpc) is 3.07. The number of hydrogen-bond acceptors (Lipinski definition) is 7. The van der Waals surface area contributed by atoms with E-state index in [2.05, 4.69) is 15.3 Å². The van der Waals surface area contributed by atoms with Crippen LogP contribution in [0.25, 0.3) is 11.0 Å². The van der Waals surface area contributed by atoms with Gasteiger partial charge in [-0.2, -0.15) is 4.98 Å². The minimum atomic E-state index is -3.24. The Morgan fingerprint density at radius 1 is 1.30 bits per heavy atom. The highest BCUT2D eigenvalue weighted by molar-refractivity contribution is 7.88. The van der Waals surface area contributed by atoms with E-state index < -0.39 is 40.1 Å². The van der Waals surface area contributed by atoms with Gasteiger partial charge < -0.3 is 10.4 Å². The quantitative estimate of drug-likeness (QED) is 0.642. The Labute approximate surface area is 190 Å². The summed E-state index contributed by atoms with van der Waals surface area (Å²) in [5, 5.41) is 14.5. The number of pyridine rings is 1. The maximum atomic E-state index is 13.2. The van der Waals surface area contributed by atoms with Crippen LogP contribution in [0.3, 0.4) is 0 Å². The molecule has 1 saturated heterocycles. The van der Waals surface area contributed by atoms with E-state index in [0.717, 1.165) is 0 Å². The molecule has 0 unspecified atom stereocenters. The van der Waals surface area contributed by atoms with E-state index in [1.165, 1.54) is 27.4 Å². The highest BCUT2D eigenvalue weighted by Gasteiger charge is 2.40. The molecule has 1 saturated carbocycles. The predicted molar refractivity (Wildman–Crippen MR) is 120 cm³/mol. The smallest absolute Gasteiger partial charge is 0.255 e. The third-order valence-electron chi connectivity index (χ3n) is 6.67. The van der Waals surface area contributed by atoms with Crippen molar-refractivity contribution in [3.8, 4) is 0 Å². The third kappa shape index (κ3) is 5.02. The summed E-state index contributed by atoms with van der Waals surface area (Å²) in [6, 6.07) is 0.775. The van der Waals surface area contributed by atoms with Crippen LogP contribution in [0.1, 0.15) is 50.6 Å². The Bertz CT molecular complexity index is 1190. The lowest BCUT2D eigenvalue weighted by Gasteiger charge is -2.31. The molecule has 3 heterocycles. The predicted octanol–water partition coefficient (Wildman–Crippen LogP) is 1.91. The molecule has 33 heavy (non-hydrogen) atoms. The molecule has 4 rings (SSSR count). The first-order valence-electron chi connectivity index (χ1n) is 11.1. The number of aliphatic hydroxyl groups is 1. The Morgan fingerprint density at radius 2 is 2.00 bits per heavy atom. The number of nitrogens with one attached hydrogen (secondary N) is 1. The van der Waals surface area contributed by atoms with Crippen LogP contribution in [-0.4, -0.2) is 69.8 Å². The molecule has 0 aromatic carbocycles. The number of anilines is 1. The molecule has 1 aliphatic heterocycles. The highest BCUT2D eigenvalue weighted by Crippen LogP contribution is 2.39. The summed E-state index contributed by atoms with van der Waals surface area (Å²) in [5.41, 5.74) is -1.47. The summed E-state index contributed by atoms with van der Waals surface area (Å²) in [7, 11) is -3.24. The van der Waals surface area contributed by atoms with Gasteiger partial charge in [-0.3, -0.25) is 9.36 Å². The summed E-state index contributed by atoms with van der Waals surface area (Å²) in [4.78, 5) is 22.0. The van der Waals surface area contributed by atoms with Gasteiger partial charge in [-0.05, 0) is 45.1 Å². The molecular formula is C21H29F2N5O4S. The van der Waals surface area contributed by atoms with Gasteiger partial charge in [0, 0.05) is 42.7 Å². The second kappa shape index (κ2) is 8.88. The molecule has 0 bridgehead atoms. The van der Waals surface area contributed by atoms with E-state index in [1.807, 2.05) is 0 Å². The van der Waals surface area contributed by atoms with Crippen LogP contribution in [0.4, 0.5) is 14.7 Å². The van der Waals surface area contributed by atoms with E-state index in [0.29, 0.717) is 50.6 Å².